The third kappa shape index (κ3) is 3.88. The Labute approximate surface area is 90.6 Å². The van der Waals surface area contributed by atoms with Crippen molar-refractivity contribution in [3.8, 4) is 6.07 Å². The summed E-state index contributed by atoms with van der Waals surface area (Å²) in [7, 11) is 0. The van der Waals surface area contributed by atoms with E-state index in [1.165, 1.54) is 0 Å². The number of nitrogens with one attached hydrogen (secondary N) is 1. The highest BCUT2D eigenvalue weighted by Gasteiger charge is 2.28. The van der Waals surface area contributed by atoms with Crippen LogP contribution in [0.4, 0.5) is 0 Å². The van der Waals surface area contributed by atoms with Gasteiger partial charge < -0.3 is 10.1 Å². The fourth-order valence-corrected chi connectivity index (χ4v) is 1.84. The third-order valence-corrected chi connectivity index (χ3v) is 2.61. The zero-order valence-electron chi connectivity index (χ0n) is 9.16. The molecule has 4 nitrogen and oxygen atoms in total. The molecule has 0 aromatic rings. The number of rotatable bonds is 5. The molecule has 2 unspecified atom stereocenters. The Morgan fingerprint density at radius 2 is 2.40 bits per heavy atom. The molecule has 4 heteroatoms. The van der Waals surface area contributed by atoms with Gasteiger partial charge in [-0.05, 0) is 25.7 Å². The van der Waals surface area contributed by atoms with Gasteiger partial charge in [0.1, 0.15) is 6.61 Å². The molecule has 1 amide bonds. The first kappa shape index (κ1) is 12.0. The minimum atomic E-state index is -0.101. The van der Waals surface area contributed by atoms with Crippen molar-refractivity contribution in [3.63, 3.8) is 0 Å². The molecule has 0 saturated heterocycles. The molecule has 1 N–H and O–H groups in total. The first-order valence-electron chi connectivity index (χ1n) is 5.54. The maximum Gasteiger partial charge on any atom is 0.246 e. The van der Waals surface area contributed by atoms with Crippen molar-refractivity contribution in [1.82, 2.24) is 5.32 Å². The van der Waals surface area contributed by atoms with Crippen LogP contribution in [0.3, 0.4) is 0 Å². The summed E-state index contributed by atoms with van der Waals surface area (Å²) >= 11 is 0. The molecule has 15 heavy (non-hydrogen) atoms. The maximum absolute atomic E-state index is 11.4. The number of nitriles is 1. The number of ether oxygens (including phenoxy) is 1. The molecule has 1 fully saturated rings. The monoisotopic (exact) mass is 210 g/mol. The van der Waals surface area contributed by atoms with Crippen LogP contribution < -0.4 is 5.32 Å². The molecule has 0 aromatic heterocycles. The second kappa shape index (κ2) is 6.41. The van der Waals surface area contributed by atoms with Gasteiger partial charge in [-0.2, -0.15) is 5.26 Å². The molecule has 0 spiro atoms. The second-order valence-electron chi connectivity index (χ2n) is 3.89. The number of nitrogens with zero attached hydrogens (tertiary/aromatic N) is 1. The molecular weight excluding hydrogens is 192 g/mol. The highest BCUT2D eigenvalue weighted by atomic mass is 16.5. The van der Waals surface area contributed by atoms with Gasteiger partial charge in [0.15, 0.2) is 0 Å². The lowest BCUT2D eigenvalue weighted by Gasteiger charge is -2.15. The van der Waals surface area contributed by atoms with Gasteiger partial charge in [0.2, 0.25) is 5.91 Å². The summed E-state index contributed by atoms with van der Waals surface area (Å²) in [5.74, 6) is -0.115. The van der Waals surface area contributed by atoms with Gasteiger partial charge >= 0.3 is 0 Å². The van der Waals surface area contributed by atoms with Gasteiger partial charge in [-0.3, -0.25) is 4.79 Å². The maximum atomic E-state index is 11.4. The van der Waals surface area contributed by atoms with Crippen LogP contribution in [-0.4, -0.2) is 25.2 Å². The van der Waals surface area contributed by atoms with Crippen molar-refractivity contribution in [2.45, 2.75) is 38.6 Å². The Balaban J connectivity index is 2.22. The Kier molecular flexibility index (Phi) is 5.13. The molecule has 1 saturated carbocycles. The van der Waals surface area contributed by atoms with E-state index in [1.54, 1.807) is 0 Å². The molecule has 1 aliphatic carbocycles. The van der Waals surface area contributed by atoms with Crippen molar-refractivity contribution in [3.05, 3.63) is 0 Å². The summed E-state index contributed by atoms with van der Waals surface area (Å²) in [6, 6.07) is 2.27. The number of carbonyl (C=O) groups excluding carboxylic acids is 1. The topological polar surface area (TPSA) is 62.1 Å². The summed E-state index contributed by atoms with van der Waals surface area (Å²) in [5, 5.41) is 11.7. The van der Waals surface area contributed by atoms with Gasteiger partial charge in [-0.1, -0.05) is 6.92 Å². The van der Waals surface area contributed by atoms with Crippen molar-refractivity contribution in [2.75, 3.05) is 13.2 Å². The first-order valence-corrected chi connectivity index (χ1v) is 5.54. The molecule has 84 valence electrons. The van der Waals surface area contributed by atoms with E-state index in [9.17, 15) is 4.79 Å². The summed E-state index contributed by atoms with van der Waals surface area (Å²) in [5.41, 5.74) is 0. The van der Waals surface area contributed by atoms with E-state index in [1.807, 2.05) is 6.92 Å². The lowest BCUT2D eigenvalue weighted by molar-refractivity contribution is -0.126. The Morgan fingerprint density at radius 3 is 3.07 bits per heavy atom. The lowest BCUT2D eigenvalue weighted by Crippen LogP contribution is -2.39. The van der Waals surface area contributed by atoms with Crippen molar-refractivity contribution in [1.29, 1.82) is 5.26 Å². The highest BCUT2D eigenvalue weighted by molar-refractivity contribution is 5.77. The quantitative estimate of drug-likeness (QED) is 0.694. The van der Waals surface area contributed by atoms with Gasteiger partial charge in [-0.15, -0.1) is 0 Å². The Hall–Kier alpha value is -1.08. The van der Waals surface area contributed by atoms with Crippen LogP contribution in [0, 0.1) is 17.2 Å². The number of amides is 1. The van der Waals surface area contributed by atoms with Crippen LogP contribution in [-0.2, 0) is 9.53 Å². The van der Waals surface area contributed by atoms with Gasteiger partial charge in [-0.25, -0.2) is 0 Å². The zero-order chi connectivity index (χ0) is 11.1. The SMILES string of the molecule is CCCOCC(=O)NC1CCCC1C#N. The first-order chi connectivity index (χ1) is 7.27. The number of hydrogen-bond donors (Lipinski definition) is 1. The standard InChI is InChI=1S/C11H18N2O2/c1-2-6-15-8-11(14)13-10-5-3-4-9(10)7-12/h9-10H,2-6,8H2,1H3,(H,13,14). The lowest BCUT2D eigenvalue weighted by atomic mass is 10.1. The molecule has 0 radical (unpaired) electrons. The molecule has 1 rings (SSSR count). The molecule has 1 aliphatic rings. The van der Waals surface area contributed by atoms with E-state index in [2.05, 4.69) is 11.4 Å². The van der Waals surface area contributed by atoms with Crippen LogP contribution in [0.15, 0.2) is 0 Å². The zero-order valence-corrected chi connectivity index (χ0v) is 9.16. The highest BCUT2D eigenvalue weighted by Crippen LogP contribution is 2.24. The summed E-state index contributed by atoms with van der Waals surface area (Å²) in [6.07, 6.45) is 3.76. The molecule has 0 heterocycles. The summed E-state index contributed by atoms with van der Waals surface area (Å²) in [6.45, 7) is 2.73. The predicted molar refractivity (Wildman–Crippen MR) is 56.0 cm³/mol. The van der Waals surface area contributed by atoms with Gasteiger partial charge in [0.05, 0.1) is 12.0 Å². The van der Waals surface area contributed by atoms with Crippen molar-refractivity contribution >= 4 is 5.91 Å². The van der Waals surface area contributed by atoms with Crippen molar-refractivity contribution in [2.24, 2.45) is 5.92 Å². The van der Waals surface area contributed by atoms with Crippen LogP contribution in [0.2, 0.25) is 0 Å². The molecule has 0 aliphatic heterocycles. The minimum Gasteiger partial charge on any atom is -0.372 e. The average Bonchev–Trinajstić information content (AvgIpc) is 2.65. The number of hydrogen-bond acceptors (Lipinski definition) is 3. The second-order valence-corrected chi connectivity index (χ2v) is 3.89. The third-order valence-electron chi connectivity index (χ3n) is 2.61. The van der Waals surface area contributed by atoms with E-state index >= 15 is 0 Å². The average molecular weight is 210 g/mol. The molecular formula is C11H18N2O2. The van der Waals surface area contributed by atoms with Crippen LogP contribution >= 0.6 is 0 Å². The molecule has 0 bridgehead atoms. The van der Waals surface area contributed by atoms with E-state index in [-0.39, 0.29) is 24.5 Å². The van der Waals surface area contributed by atoms with E-state index in [4.69, 9.17) is 10.00 Å². The van der Waals surface area contributed by atoms with E-state index < -0.39 is 0 Å². The smallest absolute Gasteiger partial charge is 0.246 e. The fourth-order valence-electron chi connectivity index (χ4n) is 1.84. The predicted octanol–water partition coefficient (Wildman–Crippen LogP) is 1.22. The number of carbonyl (C=O) groups is 1. The van der Waals surface area contributed by atoms with Crippen LogP contribution in [0.5, 0.6) is 0 Å². The van der Waals surface area contributed by atoms with Gasteiger partial charge in [0, 0.05) is 12.6 Å². The Morgan fingerprint density at radius 1 is 1.60 bits per heavy atom. The van der Waals surface area contributed by atoms with Crippen LogP contribution in [0.25, 0.3) is 0 Å². The fraction of sp³-hybridized carbons (Fsp3) is 0.818. The normalized spacial score (nSPS) is 24.8. The summed E-state index contributed by atoms with van der Waals surface area (Å²) in [4.78, 5) is 11.4. The van der Waals surface area contributed by atoms with Crippen LogP contribution in [0.1, 0.15) is 32.6 Å². The van der Waals surface area contributed by atoms with Gasteiger partial charge in [0.25, 0.3) is 0 Å². The minimum absolute atomic E-state index is 0.0138. The Bertz CT molecular complexity index is 247. The summed E-state index contributed by atoms with van der Waals surface area (Å²) < 4.78 is 5.13. The van der Waals surface area contributed by atoms with Crippen molar-refractivity contribution < 1.29 is 9.53 Å². The molecule has 2 atom stereocenters. The largest absolute Gasteiger partial charge is 0.372 e. The molecule has 0 aromatic carbocycles. The van der Waals surface area contributed by atoms with E-state index in [0.717, 1.165) is 25.7 Å². The van der Waals surface area contributed by atoms with E-state index in [0.29, 0.717) is 6.61 Å².